The van der Waals surface area contributed by atoms with Crippen LogP contribution in [-0.2, 0) is 5.41 Å². The Bertz CT molecular complexity index is 2930. The summed E-state index contributed by atoms with van der Waals surface area (Å²) in [5, 5.41) is 4.77. The molecule has 11 rings (SSSR count). The van der Waals surface area contributed by atoms with Gasteiger partial charge in [-0.3, -0.25) is 0 Å². The molecule has 0 fully saturated rings. The van der Waals surface area contributed by atoms with E-state index in [1.807, 2.05) is 23.5 Å². The molecule has 2 aromatic heterocycles. The highest BCUT2D eigenvalue weighted by Gasteiger charge is 2.46. The topological polar surface area (TPSA) is 16.4 Å². The highest BCUT2D eigenvalue weighted by Crippen LogP contribution is 2.57. The first-order valence-electron chi connectivity index (χ1n) is 17.8. The first-order valence-corrected chi connectivity index (χ1v) is 18.6. The highest BCUT2D eigenvalue weighted by atomic mass is 32.1. The molecule has 52 heavy (non-hydrogen) atoms. The normalized spacial score (nSPS) is 13.2. The van der Waals surface area contributed by atoms with Crippen LogP contribution in [0.2, 0.25) is 0 Å². The first-order chi connectivity index (χ1) is 25.8. The number of nitrogens with zero attached hydrogens (tertiary/aromatic N) is 1. The van der Waals surface area contributed by atoms with Gasteiger partial charge in [0.05, 0.1) is 11.1 Å². The van der Waals surface area contributed by atoms with Crippen molar-refractivity contribution in [2.75, 3.05) is 4.90 Å². The molecule has 0 spiro atoms. The van der Waals surface area contributed by atoms with Gasteiger partial charge in [0.15, 0.2) is 0 Å². The summed E-state index contributed by atoms with van der Waals surface area (Å²) in [6.07, 6.45) is 0. The molecule has 2 heterocycles. The molecule has 1 aliphatic carbocycles. The number of para-hydroxylation sites is 2. The predicted molar refractivity (Wildman–Crippen MR) is 219 cm³/mol. The first kappa shape index (κ1) is 29.3. The van der Waals surface area contributed by atoms with Gasteiger partial charge in [-0.2, -0.15) is 0 Å². The highest BCUT2D eigenvalue weighted by molar-refractivity contribution is 7.26. The minimum atomic E-state index is -0.431. The van der Waals surface area contributed by atoms with Gasteiger partial charge in [-0.15, -0.1) is 11.3 Å². The van der Waals surface area contributed by atoms with Gasteiger partial charge >= 0.3 is 0 Å². The molecule has 0 amide bonds. The fraction of sp³-hybridized carbons (Fsp3) is 0.0204. The van der Waals surface area contributed by atoms with Crippen molar-refractivity contribution < 1.29 is 4.42 Å². The minimum absolute atomic E-state index is 0.431. The van der Waals surface area contributed by atoms with Crippen LogP contribution in [0.1, 0.15) is 22.3 Å². The maximum atomic E-state index is 6.39. The van der Waals surface area contributed by atoms with Gasteiger partial charge in [0.25, 0.3) is 0 Å². The Labute approximate surface area is 305 Å². The molecule has 0 radical (unpaired) electrons. The van der Waals surface area contributed by atoms with Crippen LogP contribution in [0.15, 0.2) is 192 Å². The standard InChI is InChI=1S/C49H31NOS/c1-3-14-32(15-4-1)49(41-21-10-7-18-36(41)37-19-8-11-22-42(37)49)33-26-28-40-47(30-33)52-46-25-13-23-43(48(40)46)50(34-16-5-2-6-17-34)35-27-29-39-38-20-9-12-24-44(38)51-45(39)31-35/h1-31H. The largest absolute Gasteiger partial charge is 0.456 e. The fourth-order valence-electron chi connectivity index (χ4n) is 8.80. The van der Waals surface area contributed by atoms with Gasteiger partial charge in [-0.1, -0.05) is 133 Å². The fourth-order valence-corrected chi connectivity index (χ4v) is 9.96. The van der Waals surface area contributed by atoms with Crippen molar-refractivity contribution in [2.45, 2.75) is 5.41 Å². The van der Waals surface area contributed by atoms with E-state index < -0.39 is 5.41 Å². The van der Waals surface area contributed by atoms with Crippen molar-refractivity contribution in [2.24, 2.45) is 0 Å². The average Bonchev–Trinajstić information content (AvgIpc) is 3.87. The molecule has 0 atom stereocenters. The van der Waals surface area contributed by atoms with Gasteiger partial charge in [-0.25, -0.2) is 0 Å². The Morgan fingerprint density at radius 3 is 1.87 bits per heavy atom. The van der Waals surface area contributed by atoms with E-state index in [1.54, 1.807) is 0 Å². The summed E-state index contributed by atoms with van der Waals surface area (Å²) in [6.45, 7) is 0. The molecule has 244 valence electrons. The van der Waals surface area contributed by atoms with Gasteiger partial charge < -0.3 is 9.32 Å². The van der Waals surface area contributed by atoms with E-state index in [0.717, 1.165) is 39.0 Å². The second kappa shape index (κ2) is 11.3. The van der Waals surface area contributed by atoms with E-state index in [0.29, 0.717) is 0 Å². The summed E-state index contributed by atoms with van der Waals surface area (Å²) in [5.41, 5.74) is 12.5. The van der Waals surface area contributed by atoms with Crippen LogP contribution in [0.3, 0.4) is 0 Å². The smallest absolute Gasteiger partial charge is 0.137 e. The number of hydrogen-bond acceptors (Lipinski definition) is 3. The summed E-state index contributed by atoms with van der Waals surface area (Å²) in [6, 6.07) is 68.5. The molecule has 3 heteroatoms. The van der Waals surface area contributed by atoms with Crippen LogP contribution in [0.4, 0.5) is 17.1 Å². The van der Waals surface area contributed by atoms with Crippen molar-refractivity contribution in [3.8, 4) is 11.1 Å². The number of thiophene rings is 1. The number of anilines is 3. The lowest BCUT2D eigenvalue weighted by Gasteiger charge is -2.34. The Hall–Kier alpha value is -6.42. The van der Waals surface area contributed by atoms with Crippen LogP contribution in [0.25, 0.3) is 53.2 Å². The molecule has 0 bridgehead atoms. The SMILES string of the molecule is c1ccc(N(c2ccc3c(c2)oc2ccccc23)c2cccc3sc4cc(C5(c6ccccc6)c6ccccc6-c6ccccc65)ccc4c23)cc1. The molecule has 10 aromatic rings. The van der Waals surface area contributed by atoms with Crippen molar-refractivity contribution in [3.63, 3.8) is 0 Å². The van der Waals surface area contributed by atoms with E-state index >= 15 is 0 Å². The van der Waals surface area contributed by atoms with Gasteiger partial charge in [0.1, 0.15) is 11.2 Å². The number of hydrogen-bond donors (Lipinski definition) is 0. The zero-order valence-corrected chi connectivity index (χ0v) is 29.0. The van der Waals surface area contributed by atoms with Gasteiger partial charge in [-0.05, 0) is 81.9 Å². The van der Waals surface area contributed by atoms with Crippen molar-refractivity contribution in [1.82, 2.24) is 0 Å². The zero-order valence-electron chi connectivity index (χ0n) is 28.2. The summed E-state index contributed by atoms with van der Waals surface area (Å²) < 4.78 is 8.93. The Balaban J connectivity index is 1.15. The van der Waals surface area contributed by atoms with Gasteiger partial charge in [0, 0.05) is 48.4 Å². The second-order valence-electron chi connectivity index (χ2n) is 13.6. The Kier molecular flexibility index (Phi) is 6.37. The lowest BCUT2D eigenvalue weighted by Crippen LogP contribution is -2.28. The maximum absolute atomic E-state index is 6.39. The van der Waals surface area contributed by atoms with Gasteiger partial charge in [0.2, 0.25) is 0 Å². The van der Waals surface area contributed by atoms with Crippen molar-refractivity contribution >= 4 is 70.5 Å². The second-order valence-corrected chi connectivity index (χ2v) is 14.7. The van der Waals surface area contributed by atoms with Crippen LogP contribution in [0, 0.1) is 0 Å². The lowest BCUT2D eigenvalue weighted by molar-refractivity contribution is 0.669. The molecule has 0 N–H and O–H groups in total. The predicted octanol–water partition coefficient (Wildman–Crippen LogP) is 13.8. The molecular formula is C49H31NOS. The monoisotopic (exact) mass is 681 g/mol. The molecule has 0 saturated heterocycles. The third kappa shape index (κ3) is 4.11. The molecular weight excluding hydrogens is 651 g/mol. The van der Waals surface area contributed by atoms with E-state index in [2.05, 4.69) is 181 Å². The third-order valence-corrected chi connectivity index (χ3v) is 12.1. The van der Waals surface area contributed by atoms with Crippen molar-refractivity contribution in [1.29, 1.82) is 0 Å². The van der Waals surface area contributed by atoms with E-state index in [1.165, 1.54) is 53.6 Å². The number of fused-ring (bicyclic) bond motifs is 9. The van der Waals surface area contributed by atoms with E-state index in [-0.39, 0.29) is 0 Å². The summed E-state index contributed by atoms with van der Waals surface area (Å²) in [4.78, 5) is 2.38. The Morgan fingerprint density at radius 2 is 1.08 bits per heavy atom. The van der Waals surface area contributed by atoms with E-state index in [9.17, 15) is 0 Å². The molecule has 0 saturated carbocycles. The van der Waals surface area contributed by atoms with Crippen LogP contribution >= 0.6 is 11.3 Å². The van der Waals surface area contributed by atoms with Crippen molar-refractivity contribution in [3.05, 3.63) is 210 Å². The zero-order chi connectivity index (χ0) is 34.2. The quantitative estimate of drug-likeness (QED) is 0.180. The number of furan rings is 1. The van der Waals surface area contributed by atoms with Crippen LogP contribution < -0.4 is 4.90 Å². The number of rotatable bonds is 5. The summed E-state index contributed by atoms with van der Waals surface area (Å²) in [5.74, 6) is 0. The molecule has 0 aliphatic heterocycles. The maximum Gasteiger partial charge on any atom is 0.137 e. The third-order valence-electron chi connectivity index (χ3n) is 10.9. The van der Waals surface area contributed by atoms with E-state index in [4.69, 9.17) is 4.42 Å². The number of benzene rings is 8. The molecule has 8 aromatic carbocycles. The summed E-state index contributed by atoms with van der Waals surface area (Å²) >= 11 is 1.87. The Morgan fingerprint density at radius 1 is 0.423 bits per heavy atom. The molecule has 2 nitrogen and oxygen atoms in total. The molecule has 1 aliphatic rings. The summed E-state index contributed by atoms with van der Waals surface area (Å²) in [7, 11) is 0. The lowest BCUT2D eigenvalue weighted by atomic mass is 9.67. The van der Waals surface area contributed by atoms with Crippen LogP contribution in [-0.4, -0.2) is 0 Å². The average molecular weight is 682 g/mol. The molecule has 0 unspecified atom stereocenters. The van der Waals surface area contributed by atoms with Crippen LogP contribution in [0.5, 0.6) is 0 Å². The minimum Gasteiger partial charge on any atom is -0.456 e.